The molecule has 6 heteroatoms. The number of benzene rings is 2. The van der Waals surface area contributed by atoms with Gasteiger partial charge in [0, 0.05) is 0 Å². The smallest absolute Gasteiger partial charge is 0.321 e. The summed E-state index contributed by atoms with van der Waals surface area (Å²) in [5, 5.41) is 5.93. The van der Waals surface area contributed by atoms with Crippen LogP contribution >= 0.6 is 23.2 Å². The fourth-order valence-corrected chi connectivity index (χ4v) is 2.41. The largest absolute Gasteiger partial charge is 0.473 e. The van der Waals surface area contributed by atoms with Crippen LogP contribution < -0.4 is 15.4 Å². The summed E-state index contributed by atoms with van der Waals surface area (Å²) < 4.78 is 5.52. The maximum absolute atomic E-state index is 11.8. The molecular weight excluding hydrogens is 323 g/mol. The molecule has 0 aromatic heterocycles. The lowest BCUT2D eigenvalue weighted by molar-refractivity contribution is 0.234. The van der Waals surface area contributed by atoms with E-state index in [4.69, 9.17) is 27.9 Å². The molecule has 0 spiro atoms. The zero-order valence-corrected chi connectivity index (χ0v) is 13.8. The molecule has 22 heavy (non-hydrogen) atoms. The predicted molar refractivity (Wildman–Crippen MR) is 90.0 cm³/mol. The van der Waals surface area contributed by atoms with Crippen molar-refractivity contribution in [2.45, 2.75) is 13.8 Å². The van der Waals surface area contributed by atoms with E-state index in [-0.39, 0.29) is 6.73 Å². The molecule has 116 valence electrons. The van der Waals surface area contributed by atoms with E-state index in [1.165, 1.54) is 0 Å². The molecular formula is C16H16Cl2N2O2. The lowest BCUT2D eigenvalue weighted by atomic mass is 10.1. The number of aryl methyl sites for hydroxylation is 2. The van der Waals surface area contributed by atoms with Crippen LogP contribution in [0.25, 0.3) is 0 Å². The first kappa shape index (κ1) is 16.5. The third kappa shape index (κ3) is 4.29. The Hall–Kier alpha value is -1.91. The van der Waals surface area contributed by atoms with Crippen LogP contribution in [0.5, 0.6) is 5.75 Å². The highest BCUT2D eigenvalue weighted by molar-refractivity contribution is 6.39. The number of amides is 2. The summed E-state index contributed by atoms with van der Waals surface area (Å²) in [5.74, 6) is 0.724. The van der Waals surface area contributed by atoms with Crippen LogP contribution in [0.2, 0.25) is 10.0 Å². The van der Waals surface area contributed by atoms with Gasteiger partial charge in [0.05, 0.1) is 15.7 Å². The molecule has 0 radical (unpaired) electrons. The normalized spacial score (nSPS) is 10.2. The molecule has 0 saturated carbocycles. The molecule has 0 aliphatic carbocycles. The molecule has 2 rings (SSSR count). The van der Waals surface area contributed by atoms with E-state index < -0.39 is 6.03 Å². The maximum atomic E-state index is 11.8. The summed E-state index contributed by atoms with van der Waals surface area (Å²) in [6, 6.07) is 10.4. The Balaban J connectivity index is 1.88. The van der Waals surface area contributed by atoms with E-state index in [9.17, 15) is 4.79 Å². The topological polar surface area (TPSA) is 50.4 Å². The third-order valence-electron chi connectivity index (χ3n) is 2.99. The number of anilines is 1. The second-order valence-electron chi connectivity index (χ2n) is 4.79. The van der Waals surface area contributed by atoms with E-state index in [1.807, 2.05) is 32.0 Å². The van der Waals surface area contributed by atoms with Crippen LogP contribution in [0.3, 0.4) is 0 Å². The van der Waals surface area contributed by atoms with Gasteiger partial charge in [-0.25, -0.2) is 4.79 Å². The van der Waals surface area contributed by atoms with Crippen molar-refractivity contribution in [3.8, 4) is 5.75 Å². The summed E-state index contributed by atoms with van der Waals surface area (Å²) in [6.45, 7) is 4.00. The minimum atomic E-state index is -0.445. The summed E-state index contributed by atoms with van der Waals surface area (Å²) >= 11 is 12.0. The number of nitrogens with one attached hydrogen (secondary N) is 2. The lowest BCUT2D eigenvalue weighted by Gasteiger charge is -2.12. The highest BCUT2D eigenvalue weighted by Gasteiger charge is 2.09. The average molecular weight is 339 g/mol. The first-order chi connectivity index (χ1) is 10.5. The van der Waals surface area contributed by atoms with Crippen LogP contribution in [0.4, 0.5) is 10.5 Å². The molecule has 0 aliphatic rings. The van der Waals surface area contributed by atoms with E-state index in [1.54, 1.807) is 18.2 Å². The van der Waals surface area contributed by atoms with Gasteiger partial charge < -0.3 is 15.4 Å². The molecule has 0 aliphatic heterocycles. The van der Waals surface area contributed by atoms with Gasteiger partial charge in [-0.2, -0.15) is 0 Å². The zero-order chi connectivity index (χ0) is 16.1. The van der Waals surface area contributed by atoms with Gasteiger partial charge in [0.1, 0.15) is 5.75 Å². The van der Waals surface area contributed by atoms with Crippen LogP contribution in [-0.4, -0.2) is 12.8 Å². The van der Waals surface area contributed by atoms with Gasteiger partial charge in [0.15, 0.2) is 6.73 Å². The van der Waals surface area contributed by atoms with Crippen molar-refractivity contribution in [3.63, 3.8) is 0 Å². The van der Waals surface area contributed by atoms with Gasteiger partial charge in [-0.05, 0) is 37.6 Å². The lowest BCUT2D eigenvalue weighted by Crippen LogP contribution is -2.32. The first-order valence-corrected chi connectivity index (χ1v) is 7.42. The molecule has 0 unspecified atom stereocenters. The second-order valence-corrected chi connectivity index (χ2v) is 5.60. The summed E-state index contributed by atoms with van der Waals surface area (Å²) in [5.41, 5.74) is 2.54. The quantitative estimate of drug-likeness (QED) is 0.789. The van der Waals surface area contributed by atoms with Gasteiger partial charge in [-0.15, -0.1) is 0 Å². The maximum Gasteiger partial charge on any atom is 0.321 e. The first-order valence-electron chi connectivity index (χ1n) is 6.66. The summed E-state index contributed by atoms with van der Waals surface area (Å²) in [6.07, 6.45) is 0. The highest BCUT2D eigenvalue weighted by atomic mass is 35.5. The van der Waals surface area contributed by atoms with Gasteiger partial charge >= 0.3 is 6.03 Å². The number of carbonyl (C=O) groups excluding carboxylic acids is 1. The Morgan fingerprint density at radius 1 is 1.14 bits per heavy atom. The molecule has 4 nitrogen and oxygen atoms in total. The Labute approximate surface area is 139 Å². The van der Waals surface area contributed by atoms with Gasteiger partial charge in [0.25, 0.3) is 0 Å². The number of rotatable bonds is 4. The number of hydrogen-bond donors (Lipinski definition) is 2. The Bertz CT molecular complexity index is 670. The van der Waals surface area contributed by atoms with Crippen molar-refractivity contribution >= 4 is 34.9 Å². The van der Waals surface area contributed by atoms with E-state index in [0.717, 1.165) is 16.9 Å². The van der Waals surface area contributed by atoms with Crippen LogP contribution in [0.15, 0.2) is 36.4 Å². The summed E-state index contributed by atoms with van der Waals surface area (Å²) in [7, 11) is 0. The second kappa shape index (κ2) is 7.38. The van der Waals surface area contributed by atoms with Gasteiger partial charge in [0.2, 0.25) is 0 Å². The monoisotopic (exact) mass is 338 g/mol. The molecule has 0 fully saturated rings. The highest BCUT2D eigenvalue weighted by Crippen LogP contribution is 2.29. The van der Waals surface area contributed by atoms with E-state index in [0.29, 0.717) is 15.7 Å². The predicted octanol–water partition coefficient (Wildman–Crippen LogP) is 4.77. The molecule has 0 heterocycles. The number of urea groups is 1. The zero-order valence-electron chi connectivity index (χ0n) is 12.2. The van der Waals surface area contributed by atoms with Crippen LogP contribution in [-0.2, 0) is 0 Å². The van der Waals surface area contributed by atoms with Crippen LogP contribution in [0, 0.1) is 13.8 Å². The Morgan fingerprint density at radius 2 is 1.82 bits per heavy atom. The van der Waals surface area contributed by atoms with Crippen molar-refractivity contribution in [2.24, 2.45) is 0 Å². The Kier molecular flexibility index (Phi) is 5.52. The molecule has 2 aromatic carbocycles. The minimum absolute atomic E-state index is 0.0395. The number of ether oxygens (including phenoxy) is 1. The van der Waals surface area contributed by atoms with Crippen molar-refractivity contribution in [1.29, 1.82) is 0 Å². The fourth-order valence-electron chi connectivity index (χ4n) is 1.92. The van der Waals surface area contributed by atoms with E-state index in [2.05, 4.69) is 10.6 Å². The molecule has 2 amide bonds. The molecule has 2 N–H and O–H groups in total. The van der Waals surface area contributed by atoms with Crippen molar-refractivity contribution in [2.75, 3.05) is 12.0 Å². The van der Waals surface area contributed by atoms with Crippen molar-refractivity contribution in [1.82, 2.24) is 5.32 Å². The van der Waals surface area contributed by atoms with Crippen LogP contribution in [0.1, 0.15) is 11.1 Å². The molecule has 0 atom stereocenters. The molecule has 0 bridgehead atoms. The number of halogens is 2. The number of carbonyl (C=O) groups is 1. The van der Waals surface area contributed by atoms with Gasteiger partial charge in [-0.1, -0.05) is 47.0 Å². The van der Waals surface area contributed by atoms with E-state index >= 15 is 0 Å². The van der Waals surface area contributed by atoms with Crippen molar-refractivity contribution in [3.05, 3.63) is 57.6 Å². The number of para-hydroxylation sites is 1. The Morgan fingerprint density at radius 3 is 2.45 bits per heavy atom. The minimum Gasteiger partial charge on any atom is -0.473 e. The summed E-state index contributed by atoms with van der Waals surface area (Å²) in [4.78, 5) is 11.8. The average Bonchev–Trinajstić information content (AvgIpc) is 2.45. The van der Waals surface area contributed by atoms with Crippen molar-refractivity contribution < 1.29 is 9.53 Å². The third-order valence-corrected chi connectivity index (χ3v) is 3.62. The fraction of sp³-hybridized carbons (Fsp3) is 0.188. The SMILES string of the molecule is Cc1ccc(OCNC(=O)Nc2c(Cl)cccc2Cl)c(C)c1. The standard InChI is InChI=1S/C16H16Cl2N2O2/c1-10-6-7-14(11(2)8-10)22-9-19-16(21)20-15-12(17)4-3-5-13(15)18/h3-8H,9H2,1-2H3,(H2,19,20,21). The molecule has 0 saturated heterocycles. The number of hydrogen-bond acceptors (Lipinski definition) is 2. The van der Waals surface area contributed by atoms with Gasteiger partial charge in [-0.3, -0.25) is 0 Å². The molecule has 2 aromatic rings.